The van der Waals surface area contributed by atoms with Gasteiger partial charge in [-0.15, -0.1) is 0 Å². The number of sulfonamides is 1. The highest BCUT2D eigenvalue weighted by Gasteiger charge is 2.32. The number of rotatable bonds is 2. The van der Waals surface area contributed by atoms with Crippen molar-refractivity contribution in [1.82, 2.24) is 9.62 Å². The van der Waals surface area contributed by atoms with Crippen LogP contribution < -0.4 is 5.32 Å². The third-order valence-corrected chi connectivity index (χ3v) is 5.92. The molecule has 0 amide bonds. The van der Waals surface area contributed by atoms with E-state index >= 15 is 0 Å². The summed E-state index contributed by atoms with van der Waals surface area (Å²) in [7, 11) is -3.30. The first-order chi connectivity index (χ1) is 8.59. The van der Waals surface area contributed by atoms with Crippen LogP contribution in [0.2, 0.25) is 0 Å². The summed E-state index contributed by atoms with van der Waals surface area (Å²) < 4.78 is 26.7. The molecule has 98 valence electrons. The van der Waals surface area contributed by atoms with Crippen molar-refractivity contribution in [2.45, 2.75) is 43.8 Å². The zero-order chi connectivity index (χ0) is 12.8. The second kappa shape index (κ2) is 4.33. The lowest BCUT2D eigenvalue weighted by Gasteiger charge is -2.21. The highest BCUT2D eigenvalue weighted by atomic mass is 32.2. The van der Waals surface area contributed by atoms with E-state index in [4.69, 9.17) is 0 Å². The lowest BCUT2D eigenvalue weighted by atomic mass is 10.1. The quantitative estimate of drug-likeness (QED) is 0.881. The van der Waals surface area contributed by atoms with Crippen LogP contribution in [0.4, 0.5) is 0 Å². The Hall–Kier alpha value is -0.910. The monoisotopic (exact) mass is 266 g/mol. The smallest absolute Gasteiger partial charge is 0.243 e. The van der Waals surface area contributed by atoms with Crippen molar-refractivity contribution in [2.75, 3.05) is 6.54 Å². The molecule has 1 N–H and O–H groups in total. The van der Waals surface area contributed by atoms with Crippen molar-refractivity contribution in [1.29, 1.82) is 0 Å². The van der Waals surface area contributed by atoms with E-state index in [-0.39, 0.29) is 6.04 Å². The third-order valence-electron chi connectivity index (χ3n) is 3.91. The second-order valence-electron chi connectivity index (χ2n) is 5.14. The number of hydrogen-bond donors (Lipinski definition) is 1. The molecule has 3 rings (SSSR count). The predicted octanol–water partition coefficient (Wildman–Crippen LogP) is 1.46. The van der Waals surface area contributed by atoms with Gasteiger partial charge in [-0.25, -0.2) is 8.42 Å². The molecule has 1 aromatic rings. The Balaban J connectivity index is 1.99. The van der Waals surface area contributed by atoms with Gasteiger partial charge in [-0.2, -0.15) is 4.31 Å². The summed E-state index contributed by atoms with van der Waals surface area (Å²) in [6, 6.07) is 5.63. The van der Waals surface area contributed by atoms with Crippen LogP contribution in [-0.2, 0) is 23.1 Å². The standard InChI is InChI=1S/C13H18N2O2S/c1-10-3-2-6-15(10)18(16,17)13-5-4-11-8-14-9-12(11)7-13/h4-5,7,10,14H,2-3,6,8-9H2,1H3. The molecule has 2 aliphatic heterocycles. The van der Waals surface area contributed by atoms with Crippen molar-refractivity contribution >= 4 is 10.0 Å². The maximum absolute atomic E-state index is 12.6. The van der Waals surface area contributed by atoms with Crippen LogP contribution in [0.3, 0.4) is 0 Å². The van der Waals surface area contributed by atoms with Crippen molar-refractivity contribution in [2.24, 2.45) is 0 Å². The van der Waals surface area contributed by atoms with E-state index in [0.717, 1.165) is 31.5 Å². The minimum absolute atomic E-state index is 0.126. The van der Waals surface area contributed by atoms with Crippen LogP contribution in [0.15, 0.2) is 23.1 Å². The summed E-state index contributed by atoms with van der Waals surface area (Å²) in [5.74, 6) is 0. The highest BCUT2D eigenvalue weighted by Crippen LogP contribution is 2.27. The molecule has 0 radical (unpaired) electrons. The second-order valence-corrected chi connectivity index (χ2v) is 7.03. The molecule has 4 nitrogen and oxygen atoms in total. The summed E-state index contributed by atoms with van der Waals surface area (Å²) in [6.07, 6.45) is 1.93. The molecule has 0 aromatic heterocycles. The molecular formula is C13H18N2O2S. The number of nitrogens with one attached hydrogen (secondary N) is 1. The van der Waals surface area contributed by atoms with Gasteiger partial charge in [0.05, 0.1) is 4.90 Å². The average molecular weight is 266 g/mol. The van der Waals surface area contributed by atoms with E-state index in [0.29, 0.717) is 11.4 Å². The van der Waals surface area contributed by atoms with Crippen LogP contribution in [0.1, 0.15) is 30.9 Å². The fourth-order valence-electron chi connectivity index (χ4n) is 2.83. The Morgan fingerprint density at radius 3 is 2.78 bits per heavy atom. The molecular weight excluding hydrogens is 248 g/mol. The van der Waals surface area contributed by atoms with Crippen molar-refractivity contribution in [3.8, 4) is 0 Å². The molecule has 1 atom stereocenters. The minimum Gasteiger partial charge on any atom is -0.309 e. The Kier molecular flexibility index (Phi) is 2.92. The molecule has 0 spiro atoms. The summed E-state index contributed by atoms with van der Waals surface area (Å²) in [5.41, 5.74) is 2.33. The molecule has 1 aromatic carbocycles. The maximum atomic E-state index is 12.6. The molecule has 18 heavy (non-hydrogen) atoms. The Morgan fingerprint density at radius 2 is 2.06 bits per heavy atom. The van der Waals surface area contributed by atoms with Crippen molar-refractivity contribution in [3.63, 3.8) is 0 Å². The first kappa shape index (κ1) is 12.1. The van der Waals surface area contributed by atoms with Crippen LogP contribution >= 0.6 is 0 Å². The number of fused-ring (bicyclic) bond motifs is 1. The van der Waals surface area contributed by atoms with Gasteiger partial charge < -0.3 is 5.32 Å². The van der Waals surface area contributed by atoms with Crippen LogP contribution in [-0.4, -0.2) is 25.3 Å². The van der Waals surface area contributed by atoms with Gasteiger partial charge >= 0.3 is 0 Å². The summed E-state index contributed by atoms with van der Waals surface area (Å²) in [5, 5.41) is 3.24. The molecule has 1 unspecified atom stereocenters. The molecule has 2 heterocycles. The predicted molar refractivity (Wildman–Crippen MR) is 69.6 cm³/mol. The average Bonchev–Trinajstić information content (AvgIpc) is 2.95. The summed E-state index contributed by atoms with van der Waals surface area (Å²) in [6.45, 7) is 4.25. The largest absolute Gasteiger partial charge is 0.309 e. The van der Waals surface area contributed by atoms with Gasteiger partial charge in [-0.05, 0) is 43.0 Å². The van der Waals surface area contributed by atoms with E-state index in [9.17, 15) is 8.42 Å². The number of nitrogens with zero attached hydrogens (tertiary/aromatic N) is 1. The SMILES string of the molecule is CC1CCCN1S(=O)(=O)c1ccc2c(c1)CNC2. The topological polar surface area (TPSA) is 49.4 Å². The van der Waals surface area contributed by atoms with E-state index < -0.39 is 10.0 Å². The van der Waals surface area contributed by atoms with Gasteiger partial charge in [0, 0.05) is 25.7 Å². The first-order valence-corrected chi connectivity index (χ1v) is 7.87. The molecule has 1 saturated heterocycles. The minimum atomic E-state index is -3.30. The Morgan fingerprint density at radius 1 is 1.28 bits per heavy atom. The summed E-state index contributed by atoms with van der Waals surface area (Å²) in [4.78, 5) is 0.443. The van der Waals surface area contributed by atoms with Crippen molar-refractivity contribution in [3.05, 3.63) is 29.3 Å². The number of hydrogen-bond acceptors (Lipinski definition) is 3. The van der Waals surface area contributed by atoms with Crippen LogP contribution in [0.25, 0.3) is 0 Å². The Labute approximate surface area is 108 Å². The van der Waals surface area contributed by atoms with Gasteiger partial charge in [0.25, 0.3) is 0 Å². The van der Waals surface area contributed by atoms with Gasteiger partial charge in [0.1, 0.15) is 0 Å². The lowest BCUT2D eigenvalue weighted by Crippen LogP contribution is -2.33. The van der Waals surface area contributed by atoms with Crippen LogP contribution in [0.5, 0.6) is 0 Å². The fourth-order valence-corrected chi connectivity index (χ4v) is 4.58. The fraction of sp³-hybridized carbons (Fsp3) is 0.538. The maximum Gasteiger partial charge on any atom is 0.243 e. The highest BCUT2D eigenvalue weighted by molar-refractivity contribution is 7.89. The number of benzene rings is 1. The Bertz CT molecular complexity index is 568. The molecule has 0 aliphatic carbocycles. The van der Waals surface area contributed by atoms with Gasteiger partial charge in [0.2, 0.25) is 10.0 Å². The normalized spacial score (nSPS) is 24.4. The van der Waals surface area contributed by atoms with E-state index in [2.05, 4.69) is 5.32 Å². The molecule has 5 heteroatoms. The lowest BCUT2D eigenvalue weighted by molar-refractivity contribution is 0.408. The zero-order valence-corrected chi connectivity index (χ0v) is 11.3. The van der Waals surface area contributed by atoms with Gasteiger partial charge in [-0.1, -0.05) is 6.07 Å². The molecule has 0 saturated carbocycles. The first-order valence-electron chi connectivity index (χ1n) is 6.43. The summed E-state index contributed by atoms with van der Waals surface area (Å²) >= 11 is 0. The third kappa shape index (κ3) is 1.86. The van der Waals surface area contributed by atoms with Crippen molar-refractivity contribution < 1.29 is 8.42 Å². The molecule has 1 fully saturated rings. The van der Waals surface area contributed by atoms with E-state index in [1.807, 2.05) is 19.1 Å². The van der Waals surface area contributed by atoms with Gasteiger partial charge in [-0.3, -0.25) is 0 Å². The van der Waals surface area contributed by atoms with E-state index in [1.54, 1.807) is 10.4 Å². The zero-order valence-electron chi connectivity index (χ0n) is 10.5. The van der Waals surface area contributed by atoms with Crippen LogP contribution in [0, 0.1) is 0 Å². The molecule has 0 bridgehead atoms. The van der Waals surface area contributed by atoms with Gasteiger partial charge in [0.15, 0.2) is 0 Å². The van der Waals surface area contributed by atoms with E-state index in [1.165, 1.54) is 5.56 Å². The molecule has 2 aliphatic rings.